The summed E-state index contributed by atoms with van der Waals surface area (Å²) in [4.78, 5) is 1.79. The van der Waals surface area contributed by atoms with Crippen molar-refractivity contribution >= 4 is 0 Å². The van der Waals surface area contributed by atoms with E-state index in [1.54, 1.807) is 4.90 Å². The number of benzene rings is 2. The predicted octanol–water partition coefficient (Wildman–Crippen LogP) is 3.41. The summed E-state index contributed by atoms with van der Waals surface area (Å²) in [7, 11) is 0. The highest BCUT2D eigenvalue weighted by molar-refractivity contribution is 5.63. The third kappa shape index (κ3) is 4.62. The molecule has 1 fully saturated rings. The lowest BCUT2D eigenvalue weighted by Gasteiger charge is -2.01. The zero-order valence-corrected chi connectivity index (χ0v) is 12.1. The van der Waals surface area contributed by atoms with Gasteiger partial charge >= 0.3 is 0 Å². The highest BCUT2D eigenvalue weighted by Crippen LogP contribution is 2.18. The van der Waals surface area contributed by atoms with Crippen LogP contribution in [0.15, 0.2) is 54.6 Å². The average molecular weight is 280 g/mol. The van der Waals surface area contributed by atoms with Crippen molar-refractivity contribution in [2.45, 2.75) is 19.4 Å². The normalized spacial score (nSPS) is 13.2. The summed E-state index contributed by atoms with van der Waals surface area (Å²) in [5, 5.41) is 17.1. The molecule has 0 unspecified atom stereocenters. The molecule has 21 heavy (non-hydrogen) atoms. The first-order chi connectivity index (χ1) is 10.3. The van der Waals surface area contributed by atoms with Crippen LogP contribution in [0, 0.1) is 11.5 Å². The minimum atomic E-state index is 0.106. The average Bonchev–Trinajstić information content (AvgIpc) is 3.10. The molecule has 0 aromatic heterocycles. The Hall–Kier alpha value is -2.31. The lowest BCUT2D eigenvalue weighted by Crippen LogP contribution is -2.10. The van der Waals surface area contributed by atoms with Gasteiger partial charge in [-0.3, -0.25) is 0 Å². The van der Waals surface area contributed by atoms with E-state index in [2.05, 4.69) is 18.3 Å². The molecule has 0 saturated carbocycles. The minimum absolute atomic E-state index is 0.106. The second-order valence-corrected chi connectivity index (χ2v) is 5.02. The van der Waals surface area contributed by atoms with Crippen LogP contribution in [-0.4, -0.2) is 23.1 Å². The molecule has 108 valence electrons. The van der Waals surface area contributed by atoms with E-state index in [0.29, 0.717) is 0 Å². The fraction of sp³-hybridized carbons (Fsp3) is 0.278. The number of aliphatic hydroxyl groups is 1. The first-order valence-corrected chi connectivity index (χ1v) is 7.23. The van der Waals surface area contributed by atoms with Crippen LogP contribution >= 0.6 is 0 Å². The van der Waals surface area contributed by atoms with Gasteiger partial charge in [0.05, 0.1) is 6.61 Å². The van der Waals surface area contributed by atoms with Gasteiger partial charge in [0.1, 0.15) is 0 Å². The van der Waals surface area contributed by atoms with Crippen molar-refractivity contribution in [3.63, 3.8) is 0 Å². The van der Waals surface area contributed by atoms with Gasteiger partial charge in [0.15, 0.2) is 6.19 Å². The Morgan fingerprint density at radius 2 is 1.48 bits per heavy atom. The van der Waals surface area contributed by atoms with Gasteiger partial charge in [-0.05, 0) is 29.5 Å². The molecule has 1 N–H and O–H groups in total. The second kappa shape index (κ2) is 8.08. The molecule has 1 saturated heterocycles. The van der Waals surface area contributed by atoms with Crippen LogP contribution in [-0.2, 0) is 6.61 Å². The number of nitriles is 1. The summed E-state index contributed by atoms with van der Waals surface area (Å²) in [6.45, 7) is 2.07. The fourth-order valence-corrected chi connectivity index (χ4v) is 2.25. The van der Waals surface area contributed by atoms with E-state index in [0.717, 1.165) is 18.7 Å². The molecule has 0 atom stereocenters. The molecule has 1 heterocycles. The number of hydrogen-bond acceptors (Lipinski definition) is 3. The Balaban J connectivity index is 0.000000194. The maximum atomic E-state index is 8.90. The summed E-state index contributed by atoms with van der Waals surface area (Å²) in [6.07, 6.45) is 4.50. The van der Waals surface area contributed by atoms with Crippen molar-refractivity contribution < 1.29 is 5.11 Å². The number of hydrogen-bond donors (Lipinski definition) is 1. The monoisotopic (exact) mass is 280 g/mol. The first kappa shape index (κ1) is 15.1. The fourth-order valence-electron chi connectivity index (χ4n) is 2.25. The highest BCUT2D eigenvalue weighted by Gasteiger charge is 2.06. The van der Waals surface area contributed by atoms with Gasteiger partial charge in [0.25, 0.3) is 0 Å². The topological polar surface area (TPSA) is 47.3 Å². The molecule has 3 heteroatoms. The Kier molecular flexibility index (Phi) is 5.81. The van der Waals surface area contributed by atoms with E-state index in [1.807, 2.05) is 42.5 Å². The number of nitrogens with zero attached hydrogens (tertiary/aromatic N) is 2. The Labute approximate surface area is 126 Å². The van der Waals surface area contributed by atoms with Gasteiger partial charge < -0.3 is 10.0 Å². The zero-order valence-electron chi connectivity index (χ0n) is 12.1. The van der Waals surface area contributed by atoms with E-state index in [-0.39, 0.29) is 6.61 Å². The van der Waals surface area contributed by atoms with E-state index in [4.69, 9.17) is 10.4 Å². The largest absolute Gasteiger partial charge is 0.392 e. The summed E-state index contributed by atoms with van der Waals surface area (Å²) in [5.41, 5.74) is 3.34. The molecule has 0 spiro atoms. The molecule has 0 amide bonds. The molecule has 2 aromatic carbocycles. The van der Waals surface area contributed by atoms with Crippen LogP contribution in [0.3, 0.4) is 0 Å². The van der Waals surface area contributed by atoms with Gasteiger partial charge in [-0.2, -0.15) is 5.26 Å². The third-order valence-electron chi connectivity index (χ3n) is 3.49. The lowest BCUT2D eigenvalue weighted by atomic mass is 10.0. The van der Waals surface area contributed by atoms with Crippen molar-refractivity contribution in [3.8, 4) is 17.3 Å². The molecule has 0 radical (unpaired) electrons. The van der Waals surface area contributed by atoms with Crippen molar-refractivity contribution in [3.05, 3.63) is 60.2 Å². The molecule has 3 nitrogen and oxygen atoms in total. The Morgan fingerprint density at radius 3 is 1.95 bits per heavy atom. The molecular weight excluding hydrogens is 260 g/mol. The third-order valence-corrected chi connectivity index (χ3v) is 3.49. The molecule has 1 aliphatic rings. The van der Waals surface area contributed by atoms with Crippen LogP contribution in [0.1, 0.15) is 18.4 Å². The van der Waals surface area contributed by atoms with Crippen molar-refractivity contribution in [2.75, 3.05) is 13.1 Å². The molecule has 0 aliphatic carbocycles. The van der Waals surface area contributed by atoms with Crippen molar-refractivity contribution in [1.29, 1.82) is 5.26 Å². The molecular formula is C18H20N2O. The van der Waals surface area contributed by atoms with Gasteiger partial charge in [-0.15, -0.1) is 0 Å². The van der Waals surface area contributed by atoms with E-state index in [9.17, 15) is 0 Å². The smallest absolute Gasteiger partial charge is 0.179 e. The van der Waals surface area contributed by atoms with Gasteiger partial charge in [-0.25, -0.2) is 0 Å². The maximum Gasteiger partial charge on any atom is 0.179 e. The number of likely N-dealkylation sites (tertiary alicyclic amines) is 1. The maximum absolute atomic E-state index is 8.90. The lowest BCUT2D eigenvalue weighted by molar-refractivity contribution is 0.282. The molecule has 3 rings (SSSR count). The van der Waals surface area contributed by atoms with Crippen LogP contribution in [0.5, 0.6) is 0 Å². The van der Waals surface area contributed by atoms with Crippen LogP contribution in [0.25, 0.3) is 11.1 Å². The first-order valence-electron chi connectivity index (χ1n) is 7.23. The second-order valence-electron chi connectivity index (χ2n) is 5.02. The van der Waals surface area contributed by atoms with E-state index in [1.165, 1.54) is 24.0 Å². The summed E-state index contributed by atoms with van der Waals surface area (Å²) >= 11 is 0. The zero-order chi connectivity index (χ0) is 14.9. The van der Waals surface area contributed by atoms with Crippen molar-refractivity contribution in [2.24, 2.45) is 0 Å². The summed E-state index contributed by atoms with van der Waals surface area (Å²) in [6, 6.07) is 18.2. The molecule has 0 bridgehead atoms. The Morgan fingerprint density at radius 1 is 0.905 bits per heavy atom. The summed E-state index contributed by atoms with van der Waals surface area (Å²) < 4.78 is 0. The van der Waals surface area contributed by atoms with E-state index >= 15 is 0 Å². The number of aliphatic hydroxyl groups excluding tert-OH is 1. The summed E-state index contributed by atoms with van der Waals surface area (Å²) in [5.74, 6) is 0. The van der Waals surface area contributed by atoms with Crippen LogP contribution in [0.2, 0.25) is 0 Å². The quantitative estimate of drug-likeness (QED) is 0.858. The van der Waals surface area contributed by atoms with E-state index < -0.39 is 0 Å². The predicted molar refractivity (Wildman–Crippen MR) is 84.2 cm³/mol. The van der Waals surface area contributed by atoms with Crippen LogP contribution in [0.4, 0.5) is 0 Å². The van der Waals surface area contributed by atoms with Gasteiger partial charge in [-0.1, -0.05) is 54.6 Å². The van der Waals surface area contributed by atoms with Crippen LogP contribution < -0.4 is 0 Å². The molecule has 1 aliphatic heterocycles. The SMILES string of the molecule is N#CN1CCCC1.OCc1ccc(-c2ccccc2)cc1. The standard InChI is InChI=1S/C13H12O.C5H8N2/c14-10-11-6-8-13(9-7-11)12-4-2-1-3-5-12;6-5-7-3-1-2-4-7/h1-9,14H,10H2;1-4H2. The minimum Gasteiger partial charge on any atom is -0.392 e. The van der Waals surface area contributed by atoms with Crippen molar-refractivity contribution in [1.82, 2.24) is 4.90 Å². The van der Waals surface area contributed by atoms with Gasteiger partial charge in [0, 0.05) is 13.1 Å². The Bertz CT molecular complexity index is 566. The highest BCUT2D eigenvalue weighted by atomic mass is 16.3. The van der Waals surface area contributed by atoms with Gasteiger partial charge in [0.2, 0.25) is 0 Å². The molecule has 2 aromatic rings. The number of rotatable bonds is 2.